The van der Waals surface area contributed by atoms with Crippen LogP contribution in [0.3, 0.4) is 0 Å². The fourth-order valence-corrected chi connectivity index (χ4v) is 2.13. The summed E-state index contributed by atoms with van der Waals surface area (Å²) >= 11 is 1.30. The number of carbonyl (C=O) groups is 1. The van der Waals surface area contributed by atoms with E-state index in [0.717, 1.165) is 4.88 Å². The highest BCUT2D eigenvalue weighted by Crippen LogP contribution is 2.34. The summed E-state index contributed by atoms with van der Waals surface area (Å²) < 4.78 is 5.52. The number of aromatic carboxylic acids is 1. The molecule has 1 aromatic heterocycles. The van der Waals surface area contributed by atoms with E-state index >= 15 is 0 Å². The standard InChI is InChI=1S/C12H18O3S/c1-7(2)6-15-9-5-10(8(3)4)16-11(9)12(13)14/h5,7-8H,6H2,1-4H3,(H,13,14). The van der Waals surface area contributed by atoms with Crippen molar-refractivity contribution in [3.05, 3.63) is 15.8 Å². The van der Waals surface area contributed by atoms with Crippen LogP contribution in [-0.4, -0.2) is 17.7 Å². The first-order chi connectivity index (χ1) is 7.41. The van der Waals surface area contributed by atoms with Crippen LogP contribution in [0.2, 0.25) is 0 Å². The summed E-state index contributed by atoms with van der Waals surface area (Å²) in [6.45, 7) is 8.72. The van der Waals surface area contributed by atoms with Gasteiger partial charge in [-0.3, -0.25) is 0 Å². The molecule has 0 aliphatic heterocycles. The van der Waals surface area contributed by atoms with E-state index in [0.29, 0.717) is 29.1 Å². The van der Waals surface area contributed by atoms with E-state index in [1.54, 1.807) is 0 Å². The summed E-state index contributed by atoms with van der Waals surface area (Å²) in [5.74, 6) is 0.328. The van der Waals surface area contributed by atoms with Gasteiger partial charge in [0.1, 0.15) is 5.75 Å². The maximum Gasteiger partial charge on any atom is 0.349 e. The van der Waals surface area contributed by atoms with Crippen LogP contribution in [0.1, 0.15) is 48.2 Å². The molecular formula is C12H18O3S. The Balaban J connectivity index is 2.91. The average molecular weight is 242 g/mol. The van der Waals surface area contributed by atoms with Gasteiger partial charge in [0.2, 0.25) is 0 Å². The molecule has 0 spiro atoms. The Bertz CT molecular complexity index is 366. The zero-order valence-corrected chi connectivity index (χ0v) is 10.9. The first-order valence-corrected chi connectivity index (χ1v) is 6.23. The number of hydrogen-bond donors (Lipinski definition) is 1. The molecule has 0 unspecified atom stereocenters. The van der Waals surface area contributed by atoms with Gasteiger partial charge in [-0.05, 0) is 17.9 Å². The second-order valence-corrected chi connectivity index (χ2v) is 5.59. The number of hydrogen-bond acceptors (Lipinski definition) is 3. The van der Waals surface area contributed by atoms with Crippen LogP contribution < -0.4 is 4.74 Å². The molecule has 0 amide bonds. The third kappa shape index (κ3) is 3.23. The SMILES string of the molecule is CC(C)COc1cc(C(C)C)sc1C(=O)O. The molecule has 0 aliphatic carbocycles. The van der Waals surface area contributed by atoms with E-state index < -0.39 is 5.97 Å². The molecule has 0 atom stereocenters. The minimum absolute atomic E-state index is 0.310. The molecule has 1 rings (SSSR count). The molecule has 3 nitrogen and oxygen atoms in total. The lowest BCUT2D eigenvalue weighted by Gasteiger charge is -2.07. The van der Waals surface area contributed by atoms with E-state index in [1.165, 1.54) is 11.3 Å². The summed E-state index contributed by atoms with van der Waals surface area (Å²) in [6, 6.07) is 1.85. The van der Waals surface area contributed by atoms with Crippen LogP contribution in [0.25, 0.3) is 0 Å². The molecule has 4 heteroatoms. The maximum absolute atomic E-state index is 11.0. The van der Waals surface area contributed by atoms with Gasteiger partial charge in [-0.25, -0.2) is 4.79 Å². The number of rotatable bonds is 5. The number of thiophene rings is 1. The van der Waals surface area contributed by atoms with Gasteiger partial charge in [0.05, 0.1) is 6.61 Å². The maximum atomic E-state index is 11.0. The van der Waals surface area contributed by atoms with E-state index in [1.807, 2.05) is 33.8 Å². The molecule has 1 aromatic rings. The first-order valence-electron chi connectivity index (χ1n) is 5.41. The monoisotopic (exact) mass is 242 g/mol. The van der Waals surface area contributed by atoms with Crippen molar-refractivity contribution in [2.45, 2.75) is 33.6 Å². The van der Waals surface area contributed by atoms with Crippen molar-refractivity contribution in [2.24, 2.45) is 5.92 Å². The Kier molecular flexibility index (Phi) is 4.35. The minimum atomic E-state index is -0.907. The van der Waals surface area contributed by atoms with Crippen LogP contribution >= 0.6 is 11.3 Å². The Labute approximate surface area is 100 Å². The molecule has 0 saturated carbocycles. The van der Waals surface area contributed by atoms with Gasteiger partial charge in [0, 0.05) is 4.88 Å². The third-order valence-electron chi connectivity index (χ3n) is 2.05. The van der Waals surface area contributed by atoms with Gasteiger partial charge in [-0.1, -0.05) is 27.7 Å². The molecule has 90 valence electrons. The van der Waals surface area contributed by atoms with Crippen LogP contribution in [-0.2, 0) is 0 Å². The number of carboxylic acid groups (broad SMARTS) is 1. The zero-order chi connectivity index (χ0) is 12.3. The Morgan fingerprint density at radius 2 is 2.06 bits per heavy atom. The van der Waals surface area contributed by atoms with Crippen molar-refractivity contribution in [1.29, 1.82) is 0 Å². The van der Waals surface area contributed by atoms with E-state index in [-0.39, 0.29) is 0 Å². The van der Waals surface area contributed by atoms with Crippen LogP contribution in [0.5, 0.6) is 5.75 Å². The van der Waals surface area contributed by atoms with E-state index in [4.69, 9.17) is 9.84 Å². The molecule has 0 radical (unpaired) electrons. The number of carboxylic acids is 1. The third-order valence-corrected chi connectivity index (χ3v) is 3.46. The second kappa shape index (κ2) is 5.34. The normalized spacial score (nSPS) is 11.1. The van der Waals surface area contributed by atoms with Gasteiger partial charge in [0.15, 0.2) is 4.88 Å². The Hall–Kier alpha value is -1.03. The summed E-state index contributed by atoms with van der Waals surface area (Å²) in [5, 5.41) is 9.06. The highest BCUT2D eigenvalue weighted by atomic mass is 32.1. The molecular weight excluding hydrogens is 224 g/mol. The molecule has 0 saturated heterocycles. The van der Waals surface area contributed by atoms with Crippen molar-refractivity contribution in [1.82, 2.24) is 0 Å². The van der Waals surface area contributed by atoms with Crippen molar-refractivity contribution in [2.75, 3.05) is 6.61 Å². The molecule has 0 fully saturated rings. The fourth-order valence-electron chi connectivity index (χ4n) is 1.19. The number of ether oxygens (including phenoxy) is 1. The molecule has 0 bridgehead atoms. The summed E-state index contributed by atoms with van der Waals surface area (Å²) in [4.78, 5) is 12.4. The largest absolute Gasteiger partial charge is 0.492 e. The van der Waals surface area contributed by atoms with Crippen LogP contribution in [0.15, 0.2) is 6.07 Å². The second-order valence-electron chi connectivity index (χ2n) is 4.51. The zero-order valence-electron chi connectivity index (χ0n) is 10.1. The summed E-state index contributed by atoms with van der Waals surface area (Å²) in [5.41, 5.74) is 0. The lowest BCUT2D eigenvalue weighted by Crippen LogP contribution is -2.06. The summed E-state index contributed by atoms with van der Waals surface area (Å²) in [7, 11) is 0. The van der Waals surface area contributed by atoms with Crippen LogP contribution in [0.4, 0.5) is 0 Å². The Morgan fingerprint density at radius 3 is 2.50 bits per heavy atom. The van der Waals surface area contributed by atoms with Crippen molar-refractivity contribution in [3.63, 3.8) is 0 Å². The van der Waals surface area contributed by atoms with E-state index in [9.17, 15) is 4.79 Å². The first kappa shape index (κ1) is 13.0. The average Bonchev–Trinajstić information content (AvgIpc) is 2.58. The van der Waals surface area contributed by atoms with E-state index in [2.05, 4.69) is 0 Å². The highest BCUT2D eigenvalue weighted by molar-refractivity contribution is 7.14. The lowest BCUT2D eigenvalue weighted by molar-refractivity contribution is 0.0697. The molecule has 1 N–H and O–H groups in total. The van der Waals surface area contributed by atoms with Crippen molar-refractivity contribution in [3.8, 4) is 5.75 Å². The predicted molar refractivity (Wildman–Crippen MR) is 65.7 cm³/mol. The highest BCUT2D eigenvalue weighted by Gasteiger charge is 2.18. The quantitative estimate of drug-likeness (QED) is 0.858. The van der Waals surface area contributed by atoms with Crippen molar-refractivity contribution < 1.29 is 14.6 Å². The van der Waals surface area contributed by atoms with Crippen LogP contribution in [0, 0.1) is 5.92 Å². The Morgan fingerprint density at radius 1 is 1.44 bits per heavy atom. The smallest absolute Gasteiger partial charge is 0.349 e. The molecule has 0 aliphatic rings. The predicted octanol–water partition coefficient (Wildman–Crippen LogP) is 3.60. The van der Waals surface area contributed by atoms with Gasteiger partial charge in [-0.2, -0.15) is 0 Å². The molecule has 1 heterocycles. The topological polar surface area (TPSA) is 46.5 Å². The summed E-state index contributed by atoms with van der Waals surface area (Å²) in [6.07, 6.45) is 0. The van der Waals surface area contributed by atoms with Crippen molar-refractivity contribution >= 4 is 17.3 Å². The van der Waals surface area contributed by atoms with Gasteiger partial charge >= 0.3 is 5.97 Å². The lowest BCUT2D eigenvalue weighted by atomic mass is 10.2. The van der Waals surface area contributed by atoms with Gasteiger partial charge in [-0.15, -0.1) is 11.3 Å². The minimum Gasteiger partial charge on any atom is -0.492 e. The van der Waals surface area contributed by atoms with Gasteiger partial charge < -0.3 is 9.84 Å². The molecule has 0 aromatic carbocycles. The van der Waals surface area contributed by atoms with Gasteiger partial charge in [0.25, 0.3) is 0 Å². The fraction of sp³-hybridized carbons (Fsp3) is 0.583. The molecule has 16 heavy (non-hydrogen) atoms.